The van der Waals surface area contributed by atoms with E-state index in [2.05, 4.69) is 6.58 Å². The molecule has 22 heavy (non-hydrogen) atoms. The van der Waals surface area contributed by atoms with Gasteiger partial charge in [0.2, 0.25) is 0 Å². The second-order valence-electron chi connectivity index (χ2n) is 6.82. The van der Waals surface area contributed by atoms with Gasteiger partial charge in [0.25, 0.3) is 0 Å². The van der Waals surface area contributed by atoms with Gasteiger partial charge in [0, 0.05) is 16.5 Å². The fourth-order valence-electron chi connectivity index (χ4n) is 2.19. The van der Waals surface area contributed by atoms with Crippen LogP contribution < -0.4 is 22.9 Å². The molecule has 1 unspecified atom stereocenters. The molecule has 0 saturated heterocycles. The minimum atomic E-state index is -1.50. The second kappa shape index (κ2) is 5.93. The number of ketones is 1. The van der Waals surface area contributed by atoms with Crippen LogP contribution in [0.3, 0.4) is 0 Å². The lowest BCUT2D eigenvalue weighted by Crippen LogP contribution is -2.54. The van der Waals surface area contributed by atoms with E-state index in [1.165, 1.54) is 0 Å². The molecule has 0 heterocycles. The summed E-state index contributed by atoms with van der Waals surface area (Å²) < 4.78 is 0. The third kappa shape index (κ3) is 3.81. The number of carbonyl (C=O) groups excluding carboxylic acids is 1. The second-order valence-corrected chi connectivity index (χ2v) is 6.82. The molecule has 1 aromatic rings. The van der Waals surface area contributed by atoms with Crippen LogP contribution in [0.5, 0.6) is 0 Å². The molecule has 5 nitrogen and oxygen atoms in total. The van der Waals surface area contributed by atoms with Crippen LogP contribution in [-0.4, -0.2) is 5.78 Å². The van der Waals surface area contributed by atoms with E-state index < -0.39 is 16.7 Å². The number of hydrogen-bond donors (Lipinski definition) is 4. The molecule has 1 rings (SSSR count). The lowest BCUT2D eigenvalue weighted by Gasteiger charge is -2.31. The average Bonchev–Trinajstić information content (AvgIpc) is 2.36. The third-order valence-electron chi connectivity index (χ3n) is 4.26. The molecule has 0 aromatic heterocycles. The summed E-state index contributed by atoms with van der Waals surface area (Å²) in [5.41, 5.74) is 24.7. The first-order chi connectivity index (χ1) is 9.82. The van der Waals surface area contributed by atoms with Crippen LogP contribution in [0.15, 0.2) is 30.9 Å². The molecule has 0 amide bonds. The Morgan fingerprint density at radius 1 is 1.05 bits per heavy atom. The smallest absolute Gasteiger partial charge is 0.142 e. The molecule has 1 aromatic carbocycles. The molecule has 0 fully saturated rings. The van der Waals surface area contributed by atoms with Crippen molar-refractivity contribution >= 4 is 5.78 Å². The van der Waals surface area contributed by atoms with Crippen LogP contribution in [0.4, 0.5) is 0 Å². The first-order valence-electron chi connectivity index (χ1n) is 7.26. The lowest BCUT2D eigenvalue weighted by molar-refractivity contribution is -0.121. The first kappa shape index (κ1) is 18.5. The normalized spacial score (nSPS) is 15.3. The van der Waals surface area contributed by atoms with E-state index >= 15 is 0 Å². The van der Waals surface area contributed by atoms with E-state index in [1.807, 2.05) is 26.8 Å². The van der Waals surface area contributed by atoms with Crippen molar-refractivity contribution in [1.29, 1.82) is 0 Å². The van der Waals surface area contributed by atoms with Gasteiger partial charge in [0.05, 0.1) is 0 Å². The Hall–Kier alpha value is -1.53. The van der Waals surface area contributed by atoms with Crippen molar-refractivity contribution in [2.24, 2.45) is 22.9 Å². The van der Waals surface area contributed by atoms with Gasteiger partial charge in [-0.15, -0.1) is 6.58 Å². The zero-order valence-electron chi connectivity index (χ0n) is 13.9. The maximum Gasteiger partial charge on any atom is 0.142 e. The standard InChI is InChI=1S/C17H28N4O/c1-6-7-16(5,18)13-8-12(15(3,4)11(2)22)9-14(10-13)17(19,20)21/h6,8-10H,1,7,18-21H2,2-5H3. The van der Waals surface area contributed by atoms with Gasteiger partial charge in [0.15, 0.2) is 0 Å². The highest BCUT2D eigenvalue weighted by Gasteiger charge is 2.31. The van der Waals surface area contributed by atoms with Crippen molar-refractivity contribution in [3.63, 3.8) is 0 Å². The van der Waals surface area contributed by atoms with Gasteiger partial charge < -0.3 is 5.73 Å². The Morgan fingerprint density at radius 3 is 1.91 bits per heavy atom. The average molecular weight is 304 g/mol. The van der Waals surface area contributed by atoms with Gasteiger partial charge in [-0.2, -0.15) is 0 Å². The van der Waals surface area contributed by atoms with Crippen LogP contribution in [0.2, 0.25) is 0 Å². The molecule has 0 aliphatic rings. The Morgan fingerprint density at radius 2 is 1.50 bits per heavy atom. The topological polar surface area (TPSA) is 121 Å². The van der Waals surface area contributed by atoms with Gasteiger partial charge in [-0.05, 0) is 51.3 Å². The maximum absolute atomic E-state index is 12.0. The molecule has 0 spiro atoms. The molecule has 5 heteroatoms. The molecule has 0 bridgehead atoms. The number of rotatable bonds is 6. The number of hydrogen-bond acceptors (Lipinski definition) is 5. The third-order valence-corrected chi connectivity index (χ3v) is 4.26. The van der Waals surface area contributed by atoms with Crippen molar-refractivity contribution in [2.45, 2.75) is 50.9 Å². The number of carbonyl (C=O) groups is 1. The molecule has 1 atom stereocenters. The summed E-state index contributed by atoms with van der Waals surface area (Å²) in [5, 5.41) is 0. The van der Waals surface area contributed by atoms with Crippen molar-refractivity contribution < 1.29 is 4.79 Å². The van der Waals surface area contributed by atoms with Crippen LogP contribution in [0.25, 0.3) is 0 Å². The highest BCUT2D eigenvalue weighted by molar-refractivity contribution is 5.87. The Bertz CT molecular complexity index is 583. The predicted molar refractivity (Wildman–Crippen MR) is 90.7 cm³/mol. The summed E-state index contributed by atoms with van der Waals surface area (Å²) in [7, 11) is 0. The highest BCUT2D eigenvalue weighted by Crippen LogP contribution is 2.32. The number of Topliss-reactive ketones (excluding diaryl/α,β-unsaturated/α-hetero) is 1. The van der Waals surface area contributed by atoms with Crippen LogP contribution in [0.1, 0.15) is 50.8 Å². The maximum atomic E-state index is 12.0. The van der Waals surface area contributed by atoms with E-state index in [-0.39, 0.29) is 5.78 Å². The van der Waals surface area contributed by atoms with Gasteiger partial charge in [-0.1, -0.05) is 18.2 Å². The summed E-state index contributed by atoms with van der Waals surface area (Å²) in [6.45, 7) is 10.9. The zero-order chi connectivity index (χ0) is 17.3. The van der Waals surface area contributed by atoms with E-state index in [0.717, 1.165) is 11.1 Å². The van der Waals surface area contributed by atoms with E-state index in [1.54, 1.807) is 25.1 Å². The number of nitrogens with two attached hydrogens (primary N) is 4. The Balaban J connectivity index is 3.61. The molecule has 0 aliphatic heterocycles. The van der Waals surface area contributed by atoms with Crippen LogP contribution >= 0.6 is 0 Å². The molecular weight excluding hydrogens is 276 g/mol. The largest absolute Gasteiger partial charge is 0.321 e. The highest BCUT2D eigenvalue weighted by atomic mass is 16.1. The summed E-state index contributed by atoms with van der Waals surface area (Å²) in [5.74, 6) is -1.46. The summed E-state index contributed by atoms with van der Waals surface area (Å²) in [6.07, 6.45) is 2.33. The van der Waals surface area contributed by atoms with Crippen LogP contribution in [0, 0.1) is 0 Å². The quantitative estimate of drug-likeness (QED) is 0.466. The van der Waals surface area contributed by atoms with E-state index in [0.29, 0.717) is 12.0 Å². The van der Waals surface area contributed by atoms with E-state index in [9.17, 15) is 4.79 Å². The SMILES string of the molecule is C=CCC(C)(N)c1cc(C(N)(N)N)cc(C(C)(C)C(C)=O)c1. The molecule has 0 aliphatic carbocycles. The van der Waals surface area contributed by atoms with Crippen LogP contribution in [-0.2, 0) is 21.5 Å². The van der Waals surface area contributed by atoms with Crippen molar-refractivity contribution in [3.05, 3.63) is 47.5 Å². The van der Waals surface area contributed by atoms with Crippen molar-refractivity contribution in [3.8, 4) is 0 Å². The minimum Gasteiger partial charge on any atom is -0.321 e. The molecular formula is C17H28N4O. The fraction of sp³-hybridized carbons (Fsp3) is 0.471. The monoisotopic (exact) mass is 304 g/mol. The fourth-order valence-corrected chi connectivity index (χ4v) is 2.19. The summed E-state index contributed by atoms with van der Waals surface area (Å²) >= 11 is 0. The Labute approximate surface area is 132 Å². The predicted octanol–water partition coefficient (Wildman–Crippen LogP) is 1.29. The van der Waals surface area contributed by atoms with Crippen molar-refractivity contribution in [1.82, 2.24) is 0 Å². The minimum absolute atomic E-state index is 0.0368. The first-order valence-corrected chi connectivity index (χ1v) is 7.26. The van der Waals surface area contributed by atoms with Gasteiger partial charge in [-0.25, -0.2) is 0 Å². The molecule has 122 valence electrons. The zero-order valence-corrected chi connectivity index (χ0v) is 13.9. The Kier molecular flexibility index (Phi) is 4.99. The van der Waals surface area contributed by atoms with Gasteiger partial charge >= 0.3 is 0 Å². The van der Waals surface area contributed by atoms with E-state index in [4.69, 9.17) is 22.9 Å². The van der Waals surface area contributed by atoms with Crippen molar-refractivity contribution in [2.75, 3.05) is 0 Å². The lowest BCUT2D eigenvalue weighted by atomic mass is 9.77. The summed E-state index contributed by atoms with van der Waals surface area (Å²) in [6, 6.07) is 5.48. The molecule has 0 saturated carbocycles. The summed E-state index contributed by atoms with van der Waals surface area (Å²) in [4.78, 5) is 12.0. The number of benzene rings is 1. The molecule has 0 radical (unpaired) electrons. The molecule has 8 N–H and O–H groups in total. The van der Waals surface area contributed by atoms with Gasteiger partial charge in [-0.3, -0.25) is 22.0 Å². The van der Waals surface area contributed by atoms with Gasteiger partial charge in [0.1, 0.15) is 11.6 Å².